The Balaban J connectivity index is 2.21. The van der Waals surface area contributed by atoms with E-state index in [1.807, 2.05) is 77.1 Å². The van der Waals surface area contributed by atoms with Crippen LogP contribution in [0.2, 0.25) is 0 Å². The topological polar surface area (TPSA) is 67.9 Å². The van der Waals surface area contributed by atoms with E-state index in [0.717, 1.165) is 22.4 Å². The Kier molecular flexibility index (Phi) is 8.91. The average Bonchev–Trinajstić information content (AvgIpc) is 2.74. The van der Waals surface area contributed by atoms with Crippen molar-refractivity contribution in [1.82, 2.24) is 10.2 Å². The van der Waals surface area contributed by atoms with Gasteiger partial charge in [-0.3, -0.25) is 9.59 Å². The normalized spacial score (nSPS) is 11.7. The largest absolute Gasteiger partial charge is 0.497 e. The molecule has 0 aliphatic carbocycles. The molecular weight excluding hydrogens is 392 g/mol. The molecule has 168 valence electrons. The van der Waals surface area contributed by atoms with Crippen LogP contribution in [0.4, 0.5) is 0 Å². The standard InChI is InChI=1S/C25H34N2O4/c1-7-23(25(29)26-17(2)3)27(15-20-9-12-21(30-6)13-10-20)24(28)16-31-22-11-8-18(4)19(5)14-22/h8-14,17,23H,7,15-16H2,1-6H3,(H,26,29)/t23-/m1/s1. The molecule has 0 spiro atoms. The monoisotopic (exact) mass is 426 g/mol. The van der Waals surface area contributed by atoms with Crippen LogP contribution in [-0.4, -0.2) is 42.5 Å². The van der Waals surface area contributed by atoms with Crippen LogP contribution < -0.4 is 14.8 Å². The number of hydrogen-bond acceptors (Lipinski definition) is 4. The van der Waals surface area contributed by atoms with Crippen molar-refractivity contribution in [3.63, 3.8) is 0 Å². The molecule has 6 nitrogen and oxygen atoms in total. The smallest absolute Gasteiger partial charge is 0.261 e. The summed E-state index contributed by atoms with van der Waals surface area (Å²) in [5.41, 5.74) is 3.18. The van der Waals surface area contributed by atoms with E-state index in [1.54, 1.807) is 12.0 Å². The van der Waals surface area contributed by atoms with Gasteiger partial charge in [0.2, 0.25) is 5.91 Å². The highest BCUT2D eigenvalue weighted by Gasteiger charge is 2.29. The molecule has 6 heteroatoms. The summed E-state index contributed by atoms with van der Waals surface area (Å²) in [6.45, 7) is 9.92. The van der Waals surface area contributed by atoms with E-state index < -0.39 is 6.04 Å². The van der Waals surface area contributed by atoms with E-state index in [9.17, 15) is 9.59 Å². The van der Waals surface area contributed by atoms with Crippen LogP contribution in [0, 0.1) is 13.8 Å². The zero-order chi connectivity index (χ0) is 23.0. The Hall–Kier alpha value is -3.02. The van der Waals surface area contributed by atoms with Crippen molar-refractivity contribution in [2.24, 2.45) is 0 Å². The van der Waals surface area contributed by atoms with Crippen LogP contribution in [0.5, 0.6) is 11.5 Å². The van der Waals surface area contributed by atoms with Gasteiger partial charge in [0.1, 0.15) is 17.5 Å². The second kappa shape index (κ2) is 11.4. The minimum absolute atomic E-state index is 0.00808. The molecule has 0 saturated carbocycles. The van der Waals surface area contributed by atoms with Crippen molar-refractivity contribution in [1.29, 1.82) is 0 Å². The number of benzene rings is 2. The molecular formula is C25H34N2O4. The van der Waals surface area contributed by atoms with Gasteiger partial charge in [0.25, 0.3) is 5.91 Å². The molecule has 2 aromatic carbocycles. The summed E-state index contributed by atoms with van der Waals surface area (Å²) < 4.78 is 11.0. The molecule has 0 aliphatic heterocycles. The first-order valence-corrected chi connectivity index (χ1v) is 10.7. The minimum Gasteiger partial charge on any atom is -0.497 e. The summed E-state index contributed by atoms with van der Waals surface area (Å²) in [5.74, 6) is 0.982. The second-order valence-electron chi connectivity index (χ2n) is 7.99. The summed E-state index contributed by atoms with van der Waals surface area (Å²) in [5, 5.41) is 2.93. The van der Waals surface area contributed by atoms with E-state index in [-0.39, 0.29) is 24.5 Å². The molecule has 2 amide bonds. The number of amides is 2. The molecule has 0 fully saturated rings. The van der Waals surface area contributed by atoms with Gasteiger partial charge in [-0.1, -0.05) is 25.1 Å². The number of methoxy groups -OCH3 is 1. The number of ether oxygens (including phenoxy) is 2. The molecule has 0 bridgehead atoms. The molecule has 2 aromatic rings. The van der Waals surface area contributed by atoms with Gasteiger partial charge in [0.05, 0.1) is 7.11 Å². The molecule has 0 heterocycles. The minimum atomic E-state index is -0.583. The fourth-order valence-electron chi connectivity index (χ4n) is 3.26. The van der Waals surface area contributed by atoms with Gasteiger partial charge in [-0.15, -0.1) is 0 Å². The van der Waals surface area contributed by atoms with E-state index >= 15 is 0 Å². The molecule has 2 rings (SSSR count). The lowest BCUT2D eigenvalue weighted by Crippen LogP contribution is -2.51. The average molecular weight is 427 g/mol. The van der Waals surface area contributed by atoms with Gasteiger partial charge in [0, 0.05) is 12.6 Å². The van der Waals surface area contributed by atoms with Gasteiger partial charge in [-0.25, -0.2) is 0 Å². The van der Waals surface area contributed by atoms with Crippen LogP contribution in [0.25, 0.3) is 0 Å². The van der Waals surface area contributed by atoms with Crippen molar-refractivity contribution in [2.45, 2.75) is 59.7 Å². The molecule has 0 aromatic heterocycles. The summed E-state index contributed by atoms with van der Waals surface area (Å²) in [6.07, 6.45) is 0.504. The molecule has 0 saturated heterocycles. The van der Waals surface area contributed by atoms with Crippen molar-refractivity contribution in [3.05, 3.63) is 59.2 Å². The number of hydrogen-bond donors (Lipinski definition) is 1. The van der Waals surface area contributed by atoms with E-state index in [1.165, 1.54) is 0 Å². The van der Waals surface area contributed by atoms with Crippen molar-refractivity contribution in [2.75, 3.05) is 13.7 Å². The van der Waals surface area contributed by atoms with Crippen LogP contribution in [0.3, 0.4) is 0 Å². The van der Waals surface area contributed by atoms with Gasteiger partial charge < -0.3 is 19.7 Å². The van der Waals surface area contributed by atoms with Crippen molar-refractivity contribution >= 4 is 11.8 Å². The summed E-state index contributed by atoms with van der Waals surface area (Å²) >= 11 is 0. The number of nitrogens with one attached hydrogen (secondary N) is 1. The number of rotatable bonds is 10. The van der Waals surface area contributed by atoms with Crippen LogP contribution in [0.15, 0.2) is 42.5 Å². The molecule has 0 aliphatic rings. The first-order chi connectivity index (χ1) is 14.7. The Bertz CT molecular complexity index is 878. The third-order valence-corrected chi connectivity index (χ3v) is 5.17. The van der Waals surface area contributed by atoms with E-state index in [0.29, 0.717) is 18.7 Å². The summed E-state index contributed by atoms with van der Waals surface area (Å²) in [6, 6.07) is 12.6. The fourth-order valence-corrected chi connectivity index (χ4v) is 3.26. The summed E-state index contributed by atoms with van der Waals surface area (Å²) in [4.78, 5) is 27.6. The predicted molar refractivity (Wildman–Crippen MR) is 122 cm³/mol. The third kappa shape index (κ3) is 7.02. The lowest BCUT2D eigenvalue weighted by molar-refractivity contribution is -0.143. The number of carbonyl (C=O) groups is 2. The highest BCUT2D eigenvalue weighted by atomic mass is 16.5. The van der Waals surface area contributed by atoms with Crippen molar-refractivity contribution < 1.29 is 19.1 Å². The second-order valence-corrected chi connectivity index (χ2v) is 7.99. The van der Waals surface area contributed by atoms with Crippen LogP contribution >= 0.6 is 0 Å². The maximum absolute atomic E-state index is 13.2. The Morgan fingerprint density at radius 1 is 1.00 bits per heavy atom. The van der Waals surface area contributed by atoms with Crippen molar-refractivity contribution in [3.8, 4) is 11.5 Å². The van der Waals surface area contributed by atoms with Crippen LogP contribution in [0.1, 0.15) is 43.9 Å². The maximum atomic E-state index is 13.2. The van der Waals surface area contributed by atoms with Gasteiger partial charge in [-0.05, 0) is 75.1 Å². The highest BCUT2D eigenvalue weighted by Crippen LogP contribution is 2.19. The molecule has 0 unspecified atom stereocenters. The lowest BCUT2D eigenvalue weighted by atomic mass is 10.1. The Morgan fingerprint density at radius 3 is 2.19 bits per heavy atom. The number of nitrogens with zero attached hydrogens (tertiary/aromatic N) is 1. The Labute approximate surface area is 185 Å². The van der Waals surface area contributed by atoms with Gasteiger partial charge >= 0.3 is 0 Å². The first kappa shape index (κ1) is 24.3. The molecule has 1 atom stereocenters. The number of aryl methyl sites for hydroxylation is 2. The lowest BCUT2D eigenvalue weighted by Gasteiger charge is -2.31. The highest BCUT2D eigenvalue weighted by molar-refractivity contribution is 5.88. The van der Waals surface area contributed by atoms with Crippen LogP contribution in [-0.2, 0) is 16.1 Å². The fraction of sp³-hybridized carbons (Fsp3) is 0.440. The molecule has 31 heavy (non-hydrogen) atoms. The third-order valence-electron chi connectivity index (χ3n) is 5.17. The van der Waals surface area contributed by atoms with Gasteiger partial charge in [0.15, 0.2) is 6.61 Å². The summed E-state index contributed by atoms with van der Waals surface area (Å²) in [7, 11) is 1.61. The predicted octanol–water partition coefficient (Wildman–Crippen LogP) is 4.02. The van der Waals surface area contributed by atoms with E-state index in [4.69, 9.17) is 9.47 Å². The number of carbonyl (C=O) groups excluding carboxylic acids is 2. The zero-order valence-corrected chi connectivity index (χ0v) is 19.4. The van der Waals surface area contributed by atoms with Gasteiger partial charge in [-0.2, -0.15) is 0 Å². The maximum Gasteiger partial charge on any atom is 0.261 e. The van der Waals surface area contributed by atoms with E-state index in [2.05, 4.69) is 5.32 Å². The first-order valence-electron chi connectivity index (χ1n) is 10.7. The Morgan fingerprint density at radius 2 is 1.65 bits per heavy atom. The molecule has 0 radical (unpaired) electrons. The zero-order valence-electron chi connectivity index (χ0n) is 19.4. The quantitative estimate of drug-likeness (QED) is 0.623. The SMILES string of the molecule is CC[C@H](C(=O)NC(C)C)N(Cc1ccc(OC)cc1)C(=O)COc1ccc(C)c(C)c1. The molecule has 1 N–H and O–H groups in total.